The lowest BCUT2D eigenvalue weighted by Gasteiger charge is -2.21. The van der Waals surface area contributed by atoms with Crippen LogP contribution in [0.3, 0.4) is 0 Å². The van der Waals surface area contributed by atoms with Crippen LogP contribution < -0.4 is 16.1 Å². The molecular weight excluding hydrogens is 312 g/mol. The lowest BCUT2D eigenvalue weighted by Crippen LogP contribution is -2.52. The Kier molecular flexibility index (Phi) is 3.92. The van der Waals surface area contributed by atoms with Crippen LogP contribution in [0.4, 0.5) is 0 Å². The largest absolute Gasteiger partial charge is 0.450 e. The Balaban J connectivity index is 1.92. The highest BCUT2D eigenvalue weighted by Crippen LogP contribution is 2.19. The molecule has 2 aromatic rings. The van der Waals surface area contributed by atoms with Crippen LogP contribution in [0.2, 0.25) is 0 Å². The number of aryl methyl sites for hydroxylation is 2. The molecular formula is C17H16N2O5. The number of imide groups is 1. The Morgan fingerprint density at radius 3 is 2.67 bits per heavy atom. The summed E-state index contributed by atoms with van der Waals surface area (Å²) in [4.78, 5) is 47.4. The predicted octanol–water partition coefficient (Wildman–Crippen LogP) is 0.945. The van der Waals surface area contributed by atoms with Gasteiger partial charge in [-0.15, -0.1) is 0 Å². The summed E-state index contributed by atoms with van der Waals surface area (Å²) in [5.74, 6) is -1.75. The molecule has 0 saturated carbocycles. The number of carbonyl (C=O) groups excluding carboxylic acids is 3. The Bertz CT molecular complexity index is 928. The number of hydrogen-bond acceptors (Lipinski definition) is 5. The van der Waals surface area contributed by atoms with Gasteiger partial charge in [-0.2, -0.15) is 0 Å². The highest BCUT2D eigenvalue weighted by atomic mass is 16.3. The summed E-state index contributed by atoms with van der Waals surface area (Å²) in [6.45, 7) is 3.66. The zero-order valence-electron chi connectivity index (χ0n) is 13.3. The Morgan fingerprint density at radius 1 is 1.21 bits per heavy atom. The zero-order valence-corrected chi connectivity index (χ0v) is 13.3. The van der Waals surface area contributed by atoms with Crippen LogP contribution in [-0.4, -0.2) is 23.8 Å². The average molecular weight is 328 g/mol. The minimum absolute atomic E-state index is 0.150. The molecule has 3 rings (SSSR count). The second-order valence-electron chi connectivity index (χ2n) is 5.91. The van der Waals surface area contributed by atoms with E-state index in [2.05, 4.69) is 10.6 Å². The fraction of sp³-hybridized carbons (Fsp3) is 0.294. The Labute approximate surface area is 137 Å². The monoisotopic (exact) mass is 328 g/mol. The van der Waals surface area contributed by atoms with Crippen molar-refractivity contribution in [3.8, 4) is 0 Å². The lowest BCUT2D eigenvalue weighted by atomic mass is 10.1. The van der Waals surface area contributed by atoms with E-state index in [0.29, 0.717) is 11.0 Å². The van der Waals surface area contributed by atoms with Gasteiger partial charge in [0.2, 0.25) is 11.8 Å². The third-order valence-corrected chi connectivity index (χ3v) is 3.93. The number of nitrogens with one attached hydrogen (secondary N) is 2. The van der Waals surface area contributed by atoms with Crippen LogP contribution >= 0.6 is 0 Å². The molecule has 0 spiro atoms. The van der Waals surface area contributed by atoms with E-state index in [1.807, 2.05) is 13.0 Å². The fourth-order valence-corrected chi connectivity index (χ4v) is 2.78. The molecule has 0 radical (unpaired) electrons. The first-order valence-electron chi connectivity index (χ1n) is 7.55. The van der Waals surface area contributed by atoms with Crippen LogP contribution in [0.15, 0.2) is 27.4 Å². The molecule has 0 bridgehead atoms. The van der Waals surface area contributed by atoms with E-state index < -0.39 is 17.9 Å². The van der Waals surface area contributed by atoms with Crippen molar-refractivity contribution >= 4 is 28.7 Å². The number of fused-ring (bicyclic) bond motifs is 1. The molecule has 1 aromatic carbocycles. The molecule has 2 heterocycles. The summed E-state index contributed by atoms with van der Waals surface area (Å²) in [5.41, 5.74) is 1.70. The van der Waals surface area contributed by atoms with E-state index in [1.165, 1.54) is 0 Å². The molecule has 1 aliphatic heterocycles. The molecule has 1 saturated heterocycles. The smallest absolute Gasteiger partial charge is 0.287 e. The van der Waals surface area contributed by atoms with Crippen molar-refractivity contribution in [2.75, 3.05) is 0 Å². The van der Waals surface area contributed by atoms with Gasteiger partial charge in [0, 0.05) is 12.5 Å². The zero-order chi connectivity index (χ0) is 17.4. The number of rotatable bonds is 2. The third-order valence-electron chi connectivity index (χ3n) is 3.93. The van der Waals surface area contributed by atoms with E-state index in [-0.39, 0.29) is 29.9 Å². The molecule has 24 heavy (non-hydrogen) atoms. The van der Waals surface area contributed by atoms with Gasteiger partial charge in [-0.1, -0.05) is 6.07 Å². The molecule has 124 valence electrons. The summed E-state index contributed by atoms with van der Waals surface area (Å²) in [7, 11) is 0. The number of carbonyl (C=O) groups is 3. The standard InChI is InChI=1S/C17H16N2O5/c1-8-5-9(2)15-10(6-8)12(20)7-13(24-15)17(23)18-11-3-4-14(21)19-16(11)22/h5-7,11H,3-4H2,1-2H3,(H,18,23)(H,19,21,22). The number of amides is 3. The number of benzene rings is 1. The minimum Gasteiger partial charge on any atom is -0.450 e. The van der Waals surface area contributed by atoms with Crippen molar-refractivity contribution in [2.45, 2.75) is 32.7 Å². The van der Waals surface area contributed by atoms with Gasteiger partial charge in [-0.3, -0.25) is 24.5 Å². The summed E-state index contributed by atoms with van der Waals surface area (Å²) in [5, 5.41) is 5.06. The highest BCUT2D eigenvalue weighted by molar-refractivity contribution is 6.03. The molecule has 7 heteroatoms. The van der Waals surface area contributed by atoms with E-state index >= 15 is 0 Å². The maximum Gasteiger partial charge on any atom is 0.287 e. The van der Waals surface area contributed by atoms with Crippen molar-refractivity contribution < 1.29 is 18.8 Å². The molecule has 1 aliphatic rings. The van der Waals surface area contributed by atoms with Gasteiger partial charge in [0.05, 0.1) is 5.39 Å². The molecule has 3 amide bonds. The molecule has 1 atom stereocenters. The van der Waals surface area contributed by atoms with Crippen LogP contribution in [0.5, 0.6) is 0 Å². The average Bonchev–Trinajstić information content (AvgIpc) is 2.50. The van der Waals surface area contributed by atoms with Crippen LogP contribution in [0, 0.1) is 13.8 Å². The summed E-state index contributed by atoms with van der Waals surface area (Å²) in [6, 6.07) is 3.85. The van der Waals surface area contributed by atoms with Crippen LogP contribution in [-0.2, 0) is 9.59 Å². The maximum atomic E-state index is 12.3. The number of hydrogen-bond donors (Lipinski definition) is 2. The molecule has 1 aromatic heterocycles. The molecule has 1 unspecified atom stereocenters. The quantitative estimate of drug-likeness (QED) is 0.798. The van der Waals surface area contributed by atoms with E-state index in [0.717, 1.165) is 17.2 Å². The van der Waals surface area contributed by atoms with E-state index in [9.17, 15) is 19.2 Å². The third kappa shape index (κ3) is 2.92. The van der Waals surface area contributed by atoms with Crippen molar-refractivity contribution in [2.24, 2.45) is 0 Å². The summed E-state index contributed by atoms with van der Waals surface area (Å²) in [6.07, 6.45) is 0.364. The normalized spacial score (nSPS) is 17.7. The van der Waals surface area contributed by atoms with Crippen LogP contribution in [0.25, 0.3) is 11.0 Å². The van der Waals surface area contributed by atoms with Gasteiger partial charge in [0.25, 0.3) is 5.91 Å². The predicted molar refractivity (Wildman–Crippen MR) is 85.6 cm³/mol. The Morgan fingerprint density at radius 2 is 1.96 bits per heavy atom. The van der Waals surface area contributed by atoms with Crippen molar-refractivity contribution in [3.63, 3.8) is 0 Å². The van der Waals surface area contributed by atoms with Gasteiger partial charge >= 0.3 is 0 Å². The first-order chi connectivity index (χ1) is 11.3. The molecule has 7 nitrogen and oxygen atoms in total. The summed E-state index contributed by atoms with van der Waals surface area (Å²) >= 11 is 0. The van der Waals surface area contributed by atoms with E-state index in [4.69, 9.17) is 4.42 Å². The van der Waals surface area contributed by atoms with Gasteiger partial charge in [-0.05, 0) is 37.5 Å². The molecule has 0 aliphatic carbocycles. The van der Waals surface area contributed by atoms with E-state index in [1.54, 1.807) is 13.0 Å². The molecule has 1 fully saturated rings. The van der Waals surface area contributed by atoms with Gasteiger partial charge < -0.3 is 9.73 Å². The second-order valence-corrected chi connectivity index (χ2v) is 5.91. The van der Waals surface area contributed by atoms with Gasteiger partial charge in [-0.25, -0.2) is 0 Å². The van der Waals surface area contributed by atoms with Crippen LogP contribution in [0.1, 0.15) is 34.5 Å². The van der Waals surface area contributed by atoms with Crippen molar-refractivity contribution in [1.29, 1.82) is 0 Å². The van der Waals surface area contributed by atoms with Crippen molar-refractivity contribution in [3.05, 3.63) is 45.3 Å². The number of piperidine rings is 1. The lowest BCUT2D eigenvalue weighted by molar-refractivity contribution is -0.134. The second kappa shape index (κ2) is 5.92. The minimum atomic E-state index is -0.824. The summed E-state index contributed by atoms with van der Waals surface area (Å²) < 4.78 is 5.58. The van der Waals surface area contributed by atoms with Gasteiger partial charge in [0.15, 0.2) is 11.2 Å². The highest BCUT2D eigenvalue weighted by Gasteiger charge is 2.29. The van der Waals surface area contributed by atoms with Crippen molar-refractivity contribution in [1.82, 2.24) is 10.6 Å². The Hall–Kier alpha value is -2.96. The first-order valence-corrected chi connectivity index (χ1v) is 7.55. The van der Waals surface area contributed by atoms with Gasteiger partial charge in [0.1, 0.15) is 11.6 Å². The topological polar surface area (TPSA) is 105 Å². The first kappa shape index (κ1) is 15.9. The fourth-order valence-electron chi connectivity index (χ4n) is 2.78. The SMILES string of the molecule is Cc1cc(C)c2oc(C(=O)NC3CCC(=O)NC3=O)cc(=O)c2c1. The maximum absolute atomic E-state index is 12.3. The molecule has 2 N–H and O–H groups in total.